The Kier molecular flexibility index (Phi) is 3.69. The molecule has 1 heterocycles. The molecule has 3 N–H and O–H groups in total. The Labute approximate surface area is 78.8 Å². The van der Waals surface area contributed by atoms with E-state index < -0.39 is 0 Å². The molecule has 0 aromatic heterocycles. The lowest BCUT2D eigenvalue weighted by molar-refractivity contribution is -0.121. The Balaban J connectivity index is 2.55. The number of carbonyl (C=O) groups is 1. The van der Waals surface area contributed by atoms with Gasteiger partial charge in [0.1, 0.15) is 0 Å². The first-order valence-electron chi connectivity index (χ1n) is 4.80. The predicted molar refractivity (Wildman–Crippen MR) is 50.3 cm³/mol. The third-order valence-electron chi connectivity index (χ3n) is 2.39. The molecule has 0 aliphatic carbocycles. The van der Waals surface area contributed by atoms with Gasteiger partial charge in [0.2, 0.25) is 5.91 Å². The number of hydrogen-bond acceptors (Lipinski definition) is 3. The molecule has 1 amide bonds. The van der Waals surface area contributed by atoms with Gasteiger partial charge in [-0.05, 0) is 19.4 Å². The van der Waals surface area contributed by atoms with Gasteiger partial charge in [0.25, 0.3) is 0 Å². The number of likely N-dealkylation sites (N-methyl/N-ethyl adjacent to an activating group) is 1. The van der Waals surface area contributed by atoms with Crippen LogP contribution < -0.4 is 11.1 Å². The molecule has 0 bridgehead atoms. The van der Waals surface area contributed by atoms with Crippen molar-refractivity contribution < 1.29 is 9.53 Å². The van der Waals surface area contributed by atoms with Gasteiger partial charge in [-0.2, -0.15) is 0 Å². The molecule has 4 nitrogen and oxygen atoms in total. The molecule has 0 aromatic carbocycles. The molecule has 4 heteroatoms. The average Bonchev–Trinajstić information content (AvgIpc) is 2.04. The van der Waals surface area contributed by atoms with Crippen LogP contribution in [-0.2, 0) is 9.53 Å². The third kappa shape index (κ3) is 2.97. The summed E-state index contributed by atoms with van der Waals surface area (Å²) in [6.45, 7) is 4.27. The van der Waals surface area contributed by atoms with E-state index in [-0.39, 0.29) is 11.4 Å². The highest BCUT2D eigenvalue weighted by Crippen LogP contribution is 2.22. The molecule has 1 atom stereocenters. The summed E-state index contributed by atoms with van der Waals surface area (Å²) in [6, 6.07) is 0. The second-order valence-electron chi connectivity index (χ2n) is 3.61. The zero-order valence-corrected chi connectivity index (χ0v) is 8.14. The van der Waals surface area contributed by atoms with Crippen LogP contribution >= 0.6 is 0 Å². The van der Waals surface area contributed by atoms with Gasteiger partial charge in [-0.15, -0.1) is 0 Å². The number of rotatable bonds is 4. The molecule has 1 aliphatic rings. The van der Waals surface area contributed by atoms with Crippen molar-refractivity contribution in [1.82, 2.24) is 5.32 Å². The van der Waals surface area contributed by atoms with Crippen molar-refractivity contribution in [1.29, 1.82) is 0 Å². The summed E-state index contributed by atoms with van der Waals surface area (Å²) < 4.78 is 5.37. The summed E-state index contributed by atoms with van der Waals surface area (Å²) in [6.07, 6.45) is 2.35. The number of primary amides is 1. The van der Waals surface area contributed by atoms with Crippen LogP contribution in [0.2, 0.25) is 0 Å². The second kappa shape index (κ2) is 4.58. The zero-order valence-electron chi connectivity index (χ0n) is 8.14. The zero-order chi connectivity index (χ0) is 9.73. The van der Waals surface area contributed by atoms with E-state index in [1.807, 2.05) is 6.92 Å². The Bertz CT molecular complexity index is 171. The quantitative estimate of drug-likeness (QED) is 0.650. The maximum absolute atomic E-state index is 10.9. The topological polar surface area (TPSA) is 64.3 Å². The Hall–Kier alpha value is -0.610. The molecule has 13 heavy (non-hydrogen) atoms. The molecule has 76 valence electrons. The lowest BCUT2D eigenvalue weighted by atomic mass is 9.88. The van der Waals surface area contributed by atoms with E-state index in [1.54, 1.807) is 0 Å². The fraction of sp³-hybridized carbons (Fsp3) is 0.889. The van der Waals surface area contributed by atoms with Crippen molar-refractivity contribution in [2.75, 3.05) is 19.8 Å². The van der Waals surface area contributed by atoms with Crippen molar-refractivity contribution in [3.8, 4) is 0 Å². The predicted octanol–water partition coefficient (Wildman–Crippen LogP) is 0.0205. The largest absolute Gasteiger partial charge is 0.380 e. The lowest BCUT2D eigenvalue weighted by Crippen LogP contribution is -2.53. The highest BCUT2D eigenvalue weighted by atomic mass is 16.5. The van der Waals surface area contributed by atoms with Crippen molar-refractivity contribution >= 4 is 5.91 Å². The normalized spacial score (nSPS) is 28.7. The van der Waals surface area contributed by atoms with Crippen LogP contribution in [0.3, 0.4) is 0 Å². The van der Waals surface area contributed by atoms with Gasteiger partial charge in [-0.1, -0.05) is 6.92 Å². The van der Waals surface area contributed by atoms with Crippen molar-refractivity contribution in [2.24, 2.45) is 5.73 Å². The van der Waals surface area contributed by atoms with E-state index in [1.165, 1.54) is 0 Å². The van der Waals surface area contributed by atoms with Gasteiger partial charge < -0.3 is 15.8 Å². The van der Waals surface area contributed by atoms with E-state index in [4.69, 9.17) is 10.5 Å². The van der Waals surface area contributed by atoms with Crippen LogP contribution in [0.15, 0.2) is 0 Å². The van der Waals surface area contributed by atoms with Crippen LogP contribution in [0, 0.1) is 0 Å². The summed E-state index contributed by atoms with van der Waals surface area (Å²) in [5, 5.41) is 3.30. The lowest BCUT2D eigenvalue weighted by Gasteiger charge is -2.36. The highest BCUT2D eigenvalue weighted by molar-refractivity contribution is 5.75. The first-order chi connectivity index (χ1) is 6.18. The maximum Gasteiger partial charge on any atom is 0.219 e. The first-order valence-corrected chi connectivity index (χ1v) is 4.80. The summed E-state index contributed by atoms with van der Waals surface area (Å²) >= 11 is 0. The summed E-state index contributed by atoms with van der Waals surface area (Å²) in [5.74, 6) is -0.258. The molecule has 1 fully saturated rings. The minimum Gasteiger partial charge on any atom is -0.380 e. The van der Waals surface area contributed by atoms with Gasteiger partial charge >= 0.3 is 0 Å². The summed E-state index contributed by atoms with van der Waals surface area (Å²) in [5.41, 5.74) is 5.01. The van der Waals surface area contributed by atoms with E-state index in [0.29, 0.717) is 13.0 Å². The van der Waals surface area contributed by atoms with Gasteiger partial charge in [0, 0.05) is 13.0 Å². The molecule has 0 saturated carbocycles. The number of carbonyl (C=O) groups excluding carboxylic acids is 1. The van der Waals surface area contributed by atoms with Crippen molar-refractivity contribution in [3.63, 3.8) is 0 Å². The van der Waals surface area contributed by atoms with Gasteiger partial charge in [0.05, 0.1) is 12.1 Å². The molecule has 1 aliphatic heterocycles. The van der Waals surface area contributed by atoms with Crippen molar-refractivity contribution in [2.45, 2.75) is 31.7 Å². The SMILES string of the molecule is CCNC1(CC(N)=O)CCCOC1. The fourth-order valence-corrected chi connectivity index (χ4v) is 1.90. The monoisotopic (exact) mass is 186 g/mol. The van der Waals surface area contributed by atoms with Crippen LogP contribution in [-0.4, -0.2) is 31.2 Å². The van der Waals surface area contributed by atoms with E-state index in [2.05, 4.69) is 5.32 Å². The molecule has 0 spiro atoms. The van der Waals surface area contributed by atoms with Crippen LogP contribution in [0.1, 0.15) is 26.2 Å². The molecular weight excluding hydrogens is 168 g/mol. The second-order valence-corrected chi connectivity index (χ2v) is 3.61. The van der Waals surface area contributed by atoms with Crippen LogP contribution in [0.5, 0.6) is 0 Å². The Morgan fingerprint density at radius 2 is 2.46 bits per heavy atom. The number of hydrogen-bond donors (Lipinski definition) is 2. The standard InChI is InChI=1S/C9H18N2O2/c1-2-11-9(6-8(10)12)4-3-5-13-7-9/h11H,2-7H2,1H3,(H2,10,12). The first kappa shape index (κ1) is 10.5. The molecule has 1 unspecified atom stereocenters. The van der Waals surface area contributed by atoms with Gasteiger partial charge in [-0.25, -0.2) is 0 Å². The number of nitrogens with two attached hydrogens (primary N) is 1. The number of amides is 1. The molecule has 0 radical (unpaired) electrons. The minimum absolute atomic E-state index is 0.196. The van der Waals surface area contributed by atoms with Gasteiger partial charge in [-0.3, -0.25) is 4.79 Å². The Morgan fingerprint density at radius 3 is 2.92 bits per heavy atom. The van der Waals surface area contributed by atoms with E-state index in [0.717, 1.165) is 26.0 Å². The van der Waals surface area contributed by atoms with E-state index in [9.17, 15) is 4.79 Å². The highest BCUT2D eigenvalue weighted by Gasteiger charge is 2.33. The average molecular weight is 186 g/mol. The van der Waals surface area contributed by atoms with Gasteiger partial charge in [0.15, 0.2) is 0 Å². The summed E-state index contributed by atoms with van der Waals surface area (Å²) in [4.78, 5) is 10.9. The van der Waals surface area contributed by atoms with Crippen LogP contribution in [0.4, 0.5) is 0 Å². The number of ether oxygens (including phenoxy) is 1. The molecule has 1 saturated heterocycles. The minimum atomic E-state index is -0.258. The van der Waals surface area contributed by atoms with Crippen molar-refractivity contribution in [3.05, 3.63) is 0 Å². The third-order valence-corrected chi connectivity index (χ3v) is 2.39. The molecule has 0 aromatic rings. The van der Waals surface area contributed by atoms with E-state index >= 15 is 0 Å². The fourth-order valence-electron chi connectivity index (χ4n) is 1.90. The summed E-state index contributed by atoms with van der Waals surface area (Å²) in [7, 11) is 0. The molecular formula is C9H18N2O2. The Morgan fingerprint density at radius 1 is 1.69 bits per heavy atom. The van der Waals surface area contributed by atoms with Crippen LogP contribution in [0.25, 0.3) is 0 Å². The molecule has 1 rings (SSSR count). The number of nitrogens with one attached hydrogen (secondary N) is 1. The smallest absolute Gasteiger partial charge is 0.219 e. The maximum atomic E-state index is 10.9.